The van der Waals surface area contributed by atoms with Gasteiger partial charge in [-0.25, -0.2) is 9.69 Å². The van der Waals surface area contributed by atoms with Crippen LogP contribution in [-0.2, 0) is 9.59 Å². The molecular formula is C22H18ClNO4. The maximum atomic E-state index is 13.0. The molecule has 28 heavy (non-hydrogen) atoms. The maximum absolute atomic E-state index is 13.0. The van der Waals surface area contributed by atoms with Crippen LogP contribution in [0.2, 0.25) is 5.02 Å². The van der Waals surface area contributed by atoms with E-state index in [0.29, 0.717) is 22.5 Å². The van der Waals surface area contributed by atoms with Crippen molar-refractivity contribution in [2.75, 3.05) is 4.90 Å². The molecular weight excluding hydrogens is 378 g/mol. The molecule has 1 saturated heterocycles. The Morgan fingerprint density at radius 3 is 2.32 bits per heavy atom. The molecule has 2 aromatic carbocycles. The van der Waals surface area contributed by atoms with Crippen LogP contribution in [-0.4, -0.2) is 17.8 Å². The van der Waals surface area contributed by atoms with Crippen LogP contribution in [0.1, 0.15) is 29.6 Å². The first-order chi connectivity index (χ1) is 13.5. The number of fused-ring (bicyclic) bond motifs is 5. The Morgan fingerprint density at radius 2 is 1.64 bits per heavy atom. The molecule has 5 nitrogen and oxygen atoms in total. The Labute approximate surface area is 167 Å². The molecule has 5 rings (SSSR count). The summed E-state index contributed by atoms with van der Waals surface area (Å²) in [7, 11) is 0. The van der Waals surface area contributed by atoms with Gasteiger partial charge in [-0.1, -0.05) is 29.8 Å². The van der Waals surface area contributed by atoms with E-state index in [1.54, 1.807) is 48.5 Å². The van der Waals surface area contributed by atoms with Gasteiger partial charge in [-0.3, -0.25) is 9.59 Å². The van der Waals surface area contributed by atoms with Crippen molar-refractivity contribution in [3.8, 4) is 5.75 Å². The molecule has 0 unspecified atom stereocenters. The number of halogens is 1. The Bertz CT molecular complexity index is 976. The van der Waals surface area contributed by atoms with Gasteiger partial charge in [0.25, 0.3) is 0 Å². The number of rotatable bonds is 3. The number of amides is 2. The van der Waals surface area contributed by atoms with Gasteiger partial charge in [-0.2, -0.15) is 0 Å². The van der Waals surface area contributed by atoms with Crippen LogP contribution < -0.4 is 9.64 Å². The lowest BCUT2D eigenvalue weighted by molar-refractivity contribution is -0.123. The lowest BCUT2D eigenvalue weighted by Gasteiger charge is -2.19. The molecule has 142 valence electrons. The van der Waals surface area contributed by atoms with E-state index in [1.165, 1.54) is 4.90 Å². The lowest BCUT2D eigenvalue weighted by Crippen LogP contribution is -2.32. The molecule has 6 heteroatoms. The molecule has 2 aliphatic carbocycles. The Hall–Kier alpha value is -2.66. The highest BCUT2D eigenvalue weighted by Crippen LogP contribution is 2.56. The first kappa shape index (κ1) is 17.4. The molecule has 0 spiro atoms. The number of hydrogen-bond donors (Lipinski definition) is 0. The molecule has 2 saturated carbocycles. The molecule has 3 aliphatic rings. The van der Waals surface area contributed by atoms with Crippen molar-refractivity contribution in [1.29, 1.82) is 0 Å². The molecule has 1 aliphatic heterocycles. The molecule has 3 fully saturated rings. The quantitative estimate of drug-likeness (QED) is 0.446. The highest BCUT2D eigenvalue weighted by molar-refractivity contribution is 6.33. The number of nitrogens with zero attached hydrogens (tertiary/aromatic N) is 1. The van der Waals surface area contributed by atoms with Crippen molar-refractivity contribution >= 4 is 35.1 Å². The van der Waals surface area contributed by atoms with Crippen LogP contribution in [0.25, 0.3) is 0 Å². The minimum atomic E-state index is -0.586. The molecule has 0 N–H and O–H groups in total. The second-order valence-corrected chi connectivity index (χ2v) is 8.17. The smallest absolute Gasteiger partial charge is 0.345 e. The van der Waals surface area contributed by atoms with E-state index in [9.17, 15) is 14.4 Å². The third kappa shape index (κ3) is 2.57. The molecule has 4 atom stereocenters. The fourth-order valence-electron chi connectivity index (χ4n) is 5.14. The summed E-state index contributed by atoms with van der Waals surface area (Å²) >= 11 is 6.05. The van der Waals surface area contributed by atoms with Crippen LogP contribution >= 0.6 is 11.6 Å². The van der Waals surface area contributed by atoms with E-state index in [2.05, 4.69) is 0 Å². The van der Waals surface area contributed by atoms with Gasteiger partial charge in [0.2, 0.25) is 11.8 Å². The van der Waals surface area contributed by atoms with E-state index in [-0.39, 0.29) is 35.0 Å². The third-order valence-electron chi connectivity index (χ3n) is 6.31. The predicted octanol–water partition coefficient (Wildman–Crippen LogP) is 4.09. The normalized spacial score (nSPS) is 28.0. The average Bonchev–Trinajstić information content (AvgIpc) is 3.36. The third-order valence-corrected chi connectivity index (χ3v) is 6.64. The molecule has 0 aromatic heterocycles. The van der Waals surface area contributed by atoms with E-state index < -0.39 is 5.97 Å². The van der Waals surface area contributed by atoms with E-state index >= 15 is 0 Å². The SMILES string of the molecule is O=C(Oc1cccc(N2C(=O)[C@H]3[C@@H]4CC[C@@H](C4)[C@@H]3C2=O)c1)c1ccccc1Cl. The van der Waals surface area contributed by atoms with Gasteiger partial charge >= 0.3 is 5.97 Å². The standard InChI is InChI=1S/C22H18ClNO4/c23-17-7-2-1-6-16(17)22(27)28-15-5-3-4-14(11-15)24-20(25)18-12-8-9-13(10-12)19(18)21(24)26/h1-7,11-13,18-19H,8-10H2/t12-,13+,18-,19-/m0/s1. The van der Waals surface area contributed by atoms with Crippen LogP contribution in [0.3, 0.4) is 0 Å². The average molecular weight is 396 g/mol. The van der Waals surface area contributed by atoms with E-state index in [4.69, 9.17) is 16.3 Å². The molecule has 2 bridgehead atoms. The zero-order valence-electron chi connectivity index (χ0n) is 15.0. The predicted molar refractivity (Wildman–Crippen MR) is 103 cm³/mol. The molecule has 0 radical (unpaired) electrons. The highest BCUT2D eigenvalue weighted by Gasteiger charge is 2.61. The van der Waals surface area contributed by atoms with Crippen LogP contribution in [0, 0.1) is 23.7 Å². The minimum absolute atomic E-state index is 0.114. The number of hydrogen-bond acceptors (Lipinski definition) is 4. The fourth-order valence-corrected chi connectivity index (χ4v) is 5.35. The van der Waals surface area contributed by atoms with Gasteiger partial charge in [-0.05, 0) is 55.4 Å². The largest absolute Gasteiger partial charge is 0.423 e. The van der Waals surface area contributed by atoms with E-state index in [1.807, 2.05) is 0 Å². The number of carbonyl (C=O) groups excluding carboxylic acids is 3. The summed E-state index contributed by atoms with van der Waals surface area (Å²) in [6, 6.07) is 13.2. The Morgan fingerprint density at radius 1 is 0.964 bits per heavy atom. The zero-order chi connectivity index (χ0) is 19.4. The van der Waals surface area contributed by atoms with Crippen LogP contribution in [0.5, 0.6) is 5.75 Å². The number of anilines is 1. The molecule has 2 aromatic rings. The number of carbonyl (C=O) groups is 3. The number of esters is 1. The summed E-state index contributed by atoms with van der Waals surface area (Å²) in [5, 5.41) is 0.303. The summed E-state index contributed by atoms with van der Waals surface area (Å²) in [4.78, 5) is 39.6. The van der Waals surface area contributed by atoms with Crippen molar-refractivity contribution in [1.82, 2.24) is 0 Å². The van der Waals surface area contributed by atoms with Crippen molar-refractivity contribution in [3.63, 3.8) is 0 Å². The molecule has 2 amide bonds. The highest BCUT2D eigenvalue weighted by atomic mass is 35.5. The van der Waals surface area contributed by atoms with Crippen molar-refractivity contribution in [2.24, 2.45) is 23.7 Å². The van der Waals surface area contributed by atoms with Gasteiger partial charge in [0, 0.05) is 6.07 Å². The van der Waals surface area contributed by atoms with Gasteiger partial charge in [0.05, 0.1) is 28.1 Å². The summed E-state index contributed by atoms with van der Waals surface area (Å²) in [5.74, 6) is -0.245. The topological polar surface area (TPSA) is 63.7 Å². The summed E-state index contributed by atoms with van der Waals surface area (Å²) in [5.41, 5.74) is 0.710. The number of imide groups is 1. The Balaban J connectivity index is 1.41. The van der Waals surface area contributed by atoms with Gasteiger partial charge < -0.3 is 4.74 Å². The van der Waals surface area contributed by atoms with Crippen molar-refractivity contribution < 1.29 is 19.1 Å². The zero-order valence-corrected chi connectivity index (χ0v) is 15.8. The van der Waals surface area contributed by atoms with Crippen LogP contribution in [0.15, 0.2) is 48.5 Å². The van der Waals surface area contributed by atoms with Crippen molar-refractivity contribution in [2.45, 2.75) is 19.3 Å². The monoisotopic (exact) mass is 395 g/mol. The summed E-state index contributed by atoms with van der Waals surface area (Å²) in [6.45, 7) is 0. The summed E-state index contributed by atoms with van der Waals surface area (Å²) < 4.78 is 5.43. The minimum Gasteiger partial charge on any atom is -0.423 e. The van der Waals surface area contributed by atoms with Gasteiger partial charge in [0.15, 0.2) is 0 Å². The first-order valence-electron chi connectivity index (χ1n) is 9.49. The number of ether oxygens (including phenoxy) is 1. The first-order valence-corrected chi connectivity index (χ1v) is 9.87. The van der Waals surface area contributed by atoms with E-state index in [0.717, 1.165) is 19.3 Å². The molecule has 1 heterocycles. The summed E-state index contributed by atoms with van der Waals surface area (Å²) in [6.07, 6.45) is 3.07. The number of benzene rings is 2. The van der Waals surface area contributed by atoms with Crippen molar-refractivity contribution in [3.05, 3.63) is 59.1 Å². The lowest BCUT2D eigenvalue weighted by atomic mass is 9.81. The fraction of sp³-hybridized carbons (Fsp3) is 0.318. The van der Waals surface area contributed by atoms with Gasteiger partial charge in [-0.15, -0.1) is 0 Å². The Kier molecular flexibility index (Phi) is 4.02. The van der Waals surface area contributed by atoms with Gasteiger partial charge in [0.1, 0.15) is 5.75 Å². The maximum Gasteiger partial charge on any atom is 0.345 e. The second-order valence-electron chi connectivity index (χ2n) is 7.76. The second kappa shape index (κ2) is 6.45. The van der Waals surface area contributed by atoms with Crippen LogP contribution in [0.4, 0.5) is 5.69 Å².